The highest BCUT2D eigenvalue weighted by molar-refractivity contribution is 6.10. The molecule has 7 atom stereocenters. The smallest absolute Gasteiger partial charge is 0.302 e. The van der Waals surface area contributed by atoms with Gasteiger partial charge in [-0.05, 0) is 36.2 Å². The van der Waals surface area contributed by atoms with Crippen LogP contribution in [0.15, 0.2) is 12.2 Å². The fraction of sp³-hybridized carbons (Fsp3) is 0.731. The highest BCUT2D eigenvalue weighted by Gasteiger charge is 2.79. The zero-order valence-electron chi connectivity index (χ0n) is 20.6. The van der Waals surface area contributed by atoms with E-state index in [1.54, 1.807) is 0 Å². The molecule has 0 N–H and O–H groups in total. The molecule has 2 bridgehead atoms. The number of carbonyl (C=O) groups excluding carboxylic acids is 5. The predicted molar refractivity (Wildman–Crippen MR) is 119 cm³/mol. The van der Waals surface area contributed by atoms with Crippen LogP contribution in [0.5, 0.6) is 0 Å². The third-order valence-electron chi connectivity index (χ3n) is 8.99. The first-order valence-electron chi connectivity index (χ1n) is 12.0. The summed E-state index contributed by atoms with van der Waals surface area (Å²) >= 11 is 0. The molecule has 4 rings (SSSR count). The molecule has 186 valence electrons. The van der Waals surface area contributed by atoms with Gasteiger partial charge in [0, 0.05) is 44.4 Å². The van der Waals surface area contributed by atoms with Crippen LogP contribution in [-0.2, 0) is 38.2 Å². The molecule has 0 heterocycles. The number of hydrogen-bond acceptors (Lipinski definition) is 8. The van der Waals surface area contributed by atoms with Crippen molar-refractivity contribution in [3.63, 3.8) is 0 Å². The fourth-order valence-corrected chi connectivity index (χ4v) is 8.03. The highest BCUT2D eigenvalue weighted by atomic mass is 16.6. The van der Waals surface area contributed by atoms with E-state index >= 15 is 0 Å². The van der Waals surface area contributed by atoms with E-state index in [1.807, 2.05) is 0 Å². The molecular weight excluding hydrogens is 440 g/mol. The fourth-order valence-electron chi connectivity index (χ4n) is 8.03. The van der Waals surface area contributed by atoms with Gasteiger partial charge in [-0.1, -0.05) is 26.8 Å². The van der Waals surface area contributed by atoms with Gasteiger partial charge < -0.3 is 14.2 Å². The zero-order chi connectivity index (χ0) is 25.2. The molecule has 0 unspecified atom stereocenters. The summed E-state index contributed by atoms with van der Waals surface area (Å²) in [7, 11) is 0. The van der Waals surface area contributed by atoms with Crippen LogP contribution in [0.3, 0.4) is 0 Å². The van der Waals surface area contributed by atoms with E-state index < -0.39 is 52.8 Å². The minimum absolute atomic E-state index is 0.0106. The standard InChI is InChI=1S/C26H34O8/c1-13-17-10-18(30)21-25(12-32-14(2)27)9-7-8-24(5,6)19(25)11-20(33-15(3)28)26(21,22(13)31)23(17)34-16(4)29/h17,19-21,23H,1,7-12H2,2-6H3/t17-,19+,20-,21-,23+,25+,26+/m1/s1. The molecule has 4 aliphatic carbocycles. The number of esters is 3. The van der Waals surface area contributed by atoms with Gasteiger partial charge in [-0.25, -0.2) is 0 Å². The van der Waals surface area contributed by atoms with Crippen molar-refractivity contribution in [2.45, 2.75) is 78.9 Å². The molecule has 34 heavy (non-hydrogen) atoms. The van der Waals surface area contributed by atoms with E-state index in [9.17, 15) is 24.0 Å². The topological polar surface area (TPSA) is 113 Å². The average Bonchev–Trinajstić information content (AvgIpc) is 2.84. The Bertz CT molecular complexity index is 979. The van der Waals surface area contributed by atoms with E-state index in [2.05, 4.69) is 20.4 Å². The first kappa shape index (κ1) is 24.6. The van der Waals surface area contributed by atoms with Gasteiger partial charge in [-0.2, -0.15) is 0 Å². The van der Waals surface area contributed by atoms with Crippen molar-refractivity contribution in [3.8, 4) is 0 Å². The molecule has 4 aliphatic rings. The van der Waals surface area contributed by atoms with Gasteiger partial charge in [0.05, 0.1) is 6.61 Å². The minimum Gasteiger partial charge on any atom is -0.465 e. The predicted octanol–water partition coefficient (Wildman–Crippen LogP) is 2.96. The summed E-state index contributed by atoms with van der Waals surface area (Å²) in [6.45, 7) is 12.0. The Morgan fingerprint density at radius 3 is 2.24 bits per heavy atom. The van der Waals surface area contributed by atoms with Crippen molar-refractivity contribution in [1.82, 2.24) is 0 Å². The molecule has 1 spiro atoms. The largest absolute Gasteiger partial charge is 0.465 e. The average molecular weight is 475 g/mol. The molecule has 4 saturated carbocycles. The molecule has 0 aromatic heterocycles. The summed E-state index contributed by atoms with van der Waals surface area (Å²) in [5, 5.41) is 0. The second-order valence-electron chi connectivity index (χ2n) is 11.3. The molecule has 8 heteroatoms. The molecule has 0 aromatic carbocycles. The summed E-state index contributed by atoms with van der Waals surface area (Å²) in [6.07, 6.45) is 0.660. The molecule has 0 radical (unpaired) electrons. The lowest BCUT2D eigenvalue weighted by molar-refractivity contribution is -0.244. The summed E-state index contributed by atoms with van der Waals surface area (Å²) in [6, 6.07) is 0. The van der Waals surface area contributed by atoms with Crippen molar-refractivity contribution < 1.29 is 38.2 Å². The molecule has 0 amide bonds. The number of rotatable bonds is 4. The van der Waals surface area contributed by atoms with E-state index in [0.29, 0.717) is 12.8 Å². The number of hydrogen-bond donors (Lipinski definition) is 0. The van der Waals surface area contributed by atoms with Crippen LogP contribution >= 0.6 is 0 Å². The SMILES string of the molecule is C=C1C(=O)[C@]23[C@H](C(=O)C[C@H]1[C@@H]2OC(C)=O)[C@]1(COC(C)=O)CCCC(C)(C)[C@@H]1C[C@H]3OC(C)=O. The summed E-state index contributed by atoms with van der Waals surface area (Å²) < 4.78 is 17.2. The van der Waals surface area contributed by atoms with Crippen LogP contribution < -0.4 is 0 Å². The van der Waals surface area contributed by atoms with Crippen molar-refractivity contribution in [3.05, 3.63) is 12.2 Å². The number of ether oxygens (including phenoxy) is 3. The molecule has 0 aliphatic heterocycles. The lowest BCUT2D eigenvalue weighted by Gasteiger charge is -2.65. The Kier molecular flexibility index (Phi) is 5.81. The molecular formula is C26H34O8. The highest BCUT2D eigenvalue weighted by Crippen LogP contribution is 2.71. The number of Topliss-reactive ketones (excluding diaryl/α,β-unsaturated/α-hetero) is 2. The number of ketones is 2. The Morgan fingerprint density at radius 1 is 1.00 bits per heavy atom. The lowest BCUT2D eigenvalue weighted by atomic mass is 9.39. The third-order valence-corrected chi connectivity index (χ3v) is 8.99. The Balaban J connectivity index is 2.00. The van der Waals surface area contributed by atoms with Gasteiger partial charge in [0.25, 0.3) is 0 Å². The Morgan fingerprint density at radius 2 is 1.65 bits per heavy atom. The number of carbonyl (C=O) groups is 5. The van der Waals surface area contributed by atoms with Crippen LogP contribution in [-0.4, -0.2) is 48.3 Å². The maximum absolute atomic E-state index is 14.0. The van der Waals surface area contributed by atoms with Crippen molar-refractivity contribution in [2.75, 3.05) is 6.61 Å². The van der Waals surface area contributed by atoms with Crippen LogP contribution in [0, 0.1) is 34.0 Å². The van der Waals surface area contributed by atoms with Gasteiger partial charge in [0.1, 0.15) is 23.4 Å². The molecule has 8 nitrogen and oxygen atoms in total. The van der Waals surface area contributed by atoms with Gasteiger partial charge in [0.15, 0.2) is 5.78 Å². The summed E-state index contributed by atoms with van der Waals surface area (Å²) in [5.41, 5.74) is -2.44. The van der Waals surface area contributed by atoms with Gasteiger partial charge in [0.2, 0.25) is 0 Å². The first-order valence-corrected chi connectivity index (χ1v) is 12.0. The monoisotopic (exact) mass is 474 g/mol. The van der Waals surface area contributed by atoms with E-state index in [-0.39, 0.29) is 41.5 Å². The van der Waals surface area contributed by atoms with Crippen LogP contribution in [0.25, 0.3) is 0 Å². The summed E-state index contributed by atoms with van der Waals surface area (Å²) in [4.78, 5) is 64.3. The second-order valence-corrected chi connectivity index (χ2v) is 11.3. The molecule has 4 fully saturated rings. The maximum atomic E-state index is 14.0. The molecule has 0 aromatic rings. The number of fused-ring (bicyclic) bond motifs is 3. The minimum atomic E-state index is -1.57. The lowest BCUT2D eigenvalue weighted by Crippen LogP contribution is -2.72. The van der Waals surface area contributed by atoms with Crippen LogP contribution in [0.1, 0.15) is 66.7 Å². The maximum Gasteiger partial charge on any atom is 0.302 e. The van der Waals surface area contributed by atoms with Gasteiger partial charge >= 0.3 is 17.9 Å². The van der Waals surface area contributed by atoms with Crippen molar-refractivity contribution in [1.29, 1.82) is 0 Å². The summed E-state index contributed by atoms with van der Waals surface area (Å²) in [5.74, 6) is -3.87. The van der Waals surface area contributed by atoms with E-state index in [4.69, 9.17) is 14.2 Å². The zero-order valence-corrected chi connectivity index (χ0v) is 20.6. The van der Waals surface area contributed by atoms with Crippen molar-refractivity contribution in [2.24, 2.45) is 34.0 Å². The quantitative estimate of drug-likeness (QED) is 0.347. The van der Waals surface area contributed by atoms with Crippen molar-refractivity contribution >= 4 is 29.5 Å². The first-order chi connectivity index (χ1) is 15.8. The Hall–Kier alpha value is -2.51. The third kappa shape index (κ3) is 3.28. The van der Waals surface area contributed by atoms with Gasteiger partial charge in [-0.3, -0.25) is 24.0 Å². The Labute approximate surface area is 199 Å². The van der Waals surface area contributed by atoms with Crippen LogP contribution in [0.2, 0.25) is 0 Å². The second kappa shape index (κ2) is 8.02. The normalized spacial score (nSPS) is 40.1. The van der Waals surface area contributed by atoms with E-state index in [0.717, 1.165) is 12.8 Å². The van der Waals surface area contributed by atoms with E-state index in [1.165, 1.54) is 20.8 Å². The van der Waals surface area contributed by atoms with Gasteiger partial charge in [-0.15, -0.1) is 0 Å². The molecule has 0 saturated heterocycles. The van der Waals surface area contributed by atoms with Crippen LogP contribution in [0.4, 0.5) is 0 Å².